The van der Waals surface area contributed by atoms with E-state index in [2.05, 4.69) is 26.7 Å². The number of nitrogens with one attached hydrogen (secondary N) is 2. The quantitative estimate of drug-likeness (QED) is 0.612. The van der Waals surface area contributed by atoms with E-state index >= 15 is 0 Å². The van der Waals surface area contributed by atoms with Crippen LogP contribution in [0.1, 0.15) is 20.8 Å². The van der Waals surface area contributed by atoms with Crippen LogP contribution in [0.4, 0.5) is 0 Å². The molecule has 0 spiro atoms. The zero-order chi connectivity index (χ0) is 18.6. The normalized spacial score (nSPS) is 13.5. The Labute approximate surface area is 154 Å². The minimum atomic E-state index is -1.06. The molecule has 0 aliphatic carbocycles. The van der Waals surface area contributed by atoms with Crippen molar-refractivity contribution in [1.82, 2.24) is 10.8 Å². The van der Waals surface area contributed by atoms with Crippen LogP contribution in [-0.2, 0) is 9.59 Å². The Morgan fingerprint density at radius 1 is 1.08 bits per heavy atom. The smallest absolute Gasteiger partial charge is 0.326 e. The number of carboxylic acids is 1. The van der Waals surface area contributed by atoms with E-state index in [1.165, 1.54) is 0 Å². The molecule has 3 N–H and O–H groups in total. The van der Waals surface area contributed by atoms with Crippen molar-refractivity contribution in [2.45, 2.75) is 32.9 Å². The Kier molecular flexibility index (Phi) is 6.39. The summed E-state index contributed by atoms with van der Waals surface area (Å²) in [6.45, 7) is 5.08. The van der Waals surface area contributed by atoms with E-state index in [1.54, 1.807) is 26.8 Å². The van der Waals surface area contributed by atoms with E-state index in [9.17, 15) is 9.59 Å². The second-order valence-corrected chi connectivity index (χ2v) is 7.08. The largest absolute Gasteiger partial charge is 0.480 e. The average molecular weight is 409 g/mol. The van der Waals surface area contributed by atoms with Gasteiger partial charge in [-0.1, -0.05) is 41.9 Å². The first-order valence-electron chi connectivity index (χ1n) is 7.93. The highest BCUT2D eigenvalue weighted by Crippen LogP contribution is 2.23. The lowest BCUT2D eigenvalue weighted by atomic mass is 10.0. The summed E-state index contributed by atoms with van der Waals surface area (Å²) in [6.07, 6.45) is 0. The molecule has 0 aliphatic rings. The number of carboxylic acid groups (broad SMARTS) is 1. The number of hydrogen-bond acceptors (Lipinski definition) is 4. The van der Waals surface area contributed by atoms with Crippen LogP contribution in [0.15, 0.2) is 40.9 Å². The predicted molar refractivity (Wildman–Crippen MR) is 99.3 cm³/mol. The summed E-state index contributed by atoms with van der Waals surface area (Å²) in [6, 6.07) is 9.82. The highest BCUT2D eigenvalue weighted by molar-refractivity contribution is 9.10. The van der Waals surface area contributed by atoms with E-state index < -0.39 is 24.0 Å². The Morgan fingerprint density at radius 2 is 1.72 bits per heavy atom. The van der Waals surface area contributed by atoms with Crippen molar-refractivity contribution in [3.8, 4) is 5.75 Å². The number of hydroxylamine groups is 1. The molecular weight excluding hydrogens is 388 g/mol. The van der Waals surface area contributed by atoms with E-state index in [0.29, 0.717) is 5.75 Å². The number of halogens is 1. The van der Waals surface area contributed by atoms with Crippen LogP contribution in [-0.4, -0.2) is 29.1 Å². The molecule has 7 heteroatoms. The maximum atomic E-state index is 12.1. The summed E-state index contributed by atoms with van der Waals surface area (Å²) >= 11 is 3.43. The number of amides is 1. The van der Waals surface area contributed by atoms with Crippen LogP contribution < -0.4 is 15.6 Å². The molecule has 2 rings (SSSR count). The molecule has 2 aromatic rings. The second kappa shape index (κ2) is 8.31. The van der Waals surface area contributed by atoms with Gasteiger partial charge in [-0.2, -0.15) is 0 Å². The zero-order valence-corrected chi connectivity index (χ0v) is 15.8. The van der Waals surface area contributed by atoms with Gasteiger partial charge in [-0.05, 0) is 47.9 Å². The van der Waals surface area contributed by atoms with Crippen LogP contribution in [0.25, 0.3) is 10.8 Å². The van der Waals surface area contributed by atoms with Crippen LogP contribution in [0, 0.1) is 5.92 Å². The molecule has 0 bridgehead atoms. The van der Waals surface area contributed by atoms with Crippen molar-refractivity contribution in [2.75, 3.05) is 0 Å². The fraction of sp³-hybridized carbons (Fsp3) is 0.333. The summed E-state index contributed by atoms with van der Waals surface area (Å²) in [7, 11) is 0. The molecule has 0 fully saturated rings. The van der Waals surface area contributed by atoms with Crippen molar-refractivity contribution in [3.05, 3.63) is 40.9 Å². The van der Waals surface area contributed by atoms with Crippen molar-refractivity contribution in [3.63, 3.8) is 0 Å². The van der Waals surface area contributed by atoms with Crippen LogP contribution in [0.2, 0.25) is 0 Å². The summed E-state index contributed by atoms with van der Waals surface area (Å²) in [5, 5.41) is 13.7. The summed E-state index contributed by atoms with van der Waals surface area (Å²) in [5.74, 6) is -1.15. The number of carbonyl (C=O) groups is 2. The predicted octanol–water partition coefficient (Wildman–Crippen LogP) is 3.10. The fourth-order valence-electron chi connectivity index (χ4n) is 2.26. The maximum Gasteiger partial charge on any atom is 0.326 e. The number of aliphatic carboxylic acids is 1. The lowest BCUT2D eigenvalue weighted by Gasteiger charge is -2.21. The van der Waals surface area contributed by atoms with E-state index in [4.69, 9.17) is 9.94 Å². The van der Waals surface area contributed by atoms with E-state index in [1.807, 2.05) is 30.3 Å². The number of benzene rings is 2. The molecule has 0 saturated heterocycles. The molecule has 1 amide bonds. The Bertz CT molecular complexity index is 779. The van der Waals surface area contributed by atoms with Gasteiger partial charge < -0.3 is 15.3 Å². The third-order valence-electron chi connectivity index (χ3n) is 3.75. The lowest BCUT2D eigenvalue weighted by molar-refractivity contribution is -0.143. The van der Waals surface area contributed by atoms with Gasteiger partial charge in [0.15, 0.2) is 0 Å². The molecule has 2 atom stereocenters. The van der Waals surface area contributed by atoms with Gasteiger partial charge >= 0.3 is 5.97 Å². The first-order chi connectivity index (χ1) is 11.8. The zero-order valence-electron chi connectivity index (χ0n) is 14.2. The van der Waals surface area contributed by atoms with E-state index in [-0.39, 0.29) is 5.92 Å². The minimum absolute atomic E-state index is 0.214. The van der Waals surface area contributed by atoms with Crippen molar-refractivity contribution in [2.24, 2.45) is 5.92 Å². The second-order valence-electron chi connectivity index (χ2n) is 6.16. The molecule has 0 aromatic heterocycles. The van der Waals surface area contributed by atoms with Gasteiger partial charge in [0.2, 0.25) is 5.91 Å². The number of hydrogen-bond donors (Lipinski definition) is 3. The molecule has 0 unspecified atom stereocenters. The Morgan fingerprint density at radius 3 is 2.36 bits per heavy atom. The first-order valence-corrected chi connectivity index (χ1v) is 8.72. The molecule has 0 heterocycles. The van der Waals surface area contributed by atoms with Gasteiger partial charge in [0, 0.05) is 4.47 Å². The van der Waals surface area contributed by atoms with Crippen molar-refractivity contribution < 1.29 is 19.5 Å². The van der Waals surface area contributed by atoms with Crippen LogP contribution >= 0.6 is 15.9 Å². The van der Waals surface area contributed by atoms with Gasteiger partial charge in [0.25, 0.3) is 0 Å². The number of rotatable bonds is 7. The molecule has 134 valence electrons. The summed E-state index contributed by atoms with van der Waals surface area (Å²) < 4.78 is 0.996. The molecular formula is C18H21BrN2O4. The third kappa shape index (κ3) is 5.17. The topological polar surface area (TPSA) is 87.7 Å². The van der Waals surface area contributed by atoms with Crippen molar-refractivity contribution in [1.29, 1.82) is 0 Å². The molecule has 0 radical (unpaired) electrons. The summed E-state index contributed by atoms with van der Waals surface area (Å²) in [4.78, 5) is 28.7. The van der Waals surface area contributed by atoms with Gasteiger partial charge in [-0.3, -0.25) is 4.79 Å². The SMILES string of the molecule is CC(C)[C@H](NC(=O)[C@H](C)NOc1ccc2cc(Br)ccc2c1)C(=O)O. The van der Waals surface area contributed by atoms with Crippen LogP contribution in [0.5, 0.6) is 5.75 Å². The standard InChI is InChI=1S/C18H21BrN2O4/c1-10(2)16(18(23)24)20-17(22)11(3)21-25-15-7-5-12-8-14(19)6-4-13(12)9-15/h4-11,16,21H,1-3H3,(H,20,22)(H,23,24)/t11-,16-/m0/s1. The lowest BCUT2D eigenvalue weighted by Crippen LogP contribution is -2.51. The van der Waals surface area contributed by atoms with Gasteiger partial charge in [-0.15, -0.1) is 5.48 Å². The van der Waals surface area contributed by atoms with Gasteiger partial charge in [0.1, 0.15) is 17.8 Å². The monoisotopic (exact) mass is 408 g/mol. The van der Waals surface area contributed by atoms with Crippen LogP contribution in [0.3, 0.4) is 0 Å². The Hall–Kier alpha value is -2.12. The van der Waals surface area contributed by atoms with Crippen molar-refractivity contribution >= 4 is 38.6 Å². The molecule has 6 nitrogen and oxygen atoms in total. The number of carbonyl (C=O) groups excluding carboxylic acids is 1. The van der Waals surface area contributed by atoms with E-state index in [0.717, 1.165) is 15.2 Å². The Balaban J connectivity index is 1.97. The third-order valence-corrected chi connectivity index (χ3v) is 4.24. The molecule has 25 heavy (non-hydrogen) atoms. The minimum Gasteiger partial charge on any atom is -0.480 e. The average Bonchev–Trinajstić information content (AvgIpc) is 2.56. The highest BCUT2D eigenvalue weighted by atomic mass is 79.9. The summed E-state index contributed by atoms with van der Waals surface area (Å²) in [5.41, 5.74) is 2.64. The van der Waals surface area contributed by atoms with Gasteiger partial charge in [-0.25, -0.2) is 4.79 Å². The molecule has 0 saturated carbocycles. The van der Waals surface area contributed by atoms with Gasteiger partial charge in [0.05, 0.1) is 0 Å². The number of fused-ring (bicyclic) bond motifs is 1. The highest BCUT2D eigenvalue weighted by Gasteiger charge is 2.25. The maximum absolute atomic E-state index is 12.1. The first kappa shape index (κ1) is 19.2. The molecule has 2 aromatic carbocycles. The fourth-order valence-corrected chi connectivity index (χ4v) is 2.64. The molecule has 0 aliphatic heterocycles.